The molecule has 2 aromatic carbocycles. The van der Waals surface area contributed by atoms with Crippen LogP contribution in [0.5, 0.6) is 5.75 Å². The first kappa shape index (κ1) is 18.0. The standard InChI is InChI=1S/C21H24N2O3/c1-4-26-19-9-6-16(7-10-19)21(25)22-17-12-20(24)23(13-17)18-8-5-14(2)15(3)11-18/h5-11,17H,4,12-13H2,1-3H3,(H,22,25)/t17-/m0/s1. The maximum Gasteiger partial charge on any atom is 0.251 e. The Morgan fingerprint density at radius 3 is 2.54 bits per heavy atom. The molecule has 1 atom stereocenters. The van der Waals surface area contributed by atoms with Gasteiger partial charge in [0.25, 0.3) is 5.91 Å². The molecule has 1 heterocycles. The van der Waals surface area contributed by atoms with Gasteiger partial charge in [-0.2, -0.15) is 0 Å². The Balaban J connectivity index is 1.65. The lowest BCUT2D eigenvalue weighted by molar-refractivity contribution is -0.117. The van der Waals surface area contributed by atoms with Crippen LogP contribution in [0.3, 0.4) is 0 Å². The van der Waals surface area contributed by atoms with E-state index in [1.54, 1.807) is 29.2 Å². The number of nitrogens with one attached hydrogen (secondary N) is 1. The molecule has 1 saturated heterocycles. The monoisotopic (exact) mass is 352 g/mol. The van der Waals surface area contributed by atoms with Crippen molar-refractivity contribution in [2.24, 2.45) is 0 Å². The maximum atomic E-state index is 12.4. The SMILES string of the molecule is CCOc1ccc(C(=O)N[C@H]2CC(=O)N(c3ccc(C)c(C)c3)C2)cc1. The summed E-state index contributed by atoms with van der Waals surface area (Å²) >= 11 is 0. The Labute approximate surface area is 154 Å². The predicted molar refractivity (Wildman–Crippen MR) is 102 cm³/mol. The second-order valence-electron chi connectivity index (χ2n) is 6.60. The van der Waals surface area contributed by atoms with Gasteiger partial charge in [0.1, 0.15) is 5.75 Å². The molecule has 0 aliphatic carbocycles. The molecule has 5 heteroatoms. The van der Waals surface area contributed by atoms with Crippen molar-refractivity contribution in [3.05, 3.63) is 59.2 Å². The maximum absolute atomic E-state index is 12.4. The molecule has 0 aromatic heterocycles. The van der Waals surface area contributed by atoms with Crippen molar-refractivity contribution in [2.75, 3.05) is 18.1 Å². The average Bonchev–Trinajstić information content (AvgIpc) is 2.98. The molecule has 3 rings (SSSR count). The van der Waals surface area contributed by atoms with Crippen molar-refractivity contribution in [1.29, 1.82) is 0 Å². The minimum Gasteiger partial charge on any atom is -0.494 e. The number of benzene rings is 2. The summed E-state index contributed by atoms with van der Waals surface area (Å²) in [6, 6.07) is 12.8. The number of ether oxygens (including phenoxy) is 1. The van der Waals surface area contributed by atoms with Crippen molar-refractivity contribution < 1.29 is 14.3 Å². The molecule has 1 aliphatic heterocycles. The highest BCUT2D eigenvalue weighted by Crippen LogP contribution is 2.24. The van der Waals surface area contributed by atoms with Gasteiger partial charge in [-0.25, -0.2) is 0 Å². The van der Waals surface area contributed by atoms with Crippen LogP contribution in [0.2, 0.25) is 0 Å². The number of nitrogens with zero attached hydrogens (tertiary/aromatic N) is 1. The van der Waals surface area contributed by atoms with Crippen LogP contribution >= 0.6 is 0 Å². The van der Waals surface area contributed by atoms with E-state index in [0.29, 0.717) is 25.1 Å². The third-order valence-electron chi connectivity index (χ3n) is 4.69. The number of rotatable bonds is 5. The van der Waals surface area contributed by atoms with Crippen molar-refractivity contribution in [3.63, 3.8) is 0 Å². The van der Waals surface area contributed by atoms with E-state index in [1.165, 1.54) is 5.56 Å². The summed E-state index contributed by atoms with van der Waals surface area (Å²) in [5.74, 6) is 0.596. The van der Waals surface area contributed by atoms with Gasteiger partial charge in [-0.15, -0.1) is 0 Å². The Morgan fingerprint density at radius 2 is 1.88 bits per heavy atom. The van der Waals surface area contributed by atoms with Crippen LogP contribution in [0, 0.1) is 13.8 Å². The van der Waals surface area contributed by atoms with E-state index >= 15 is 0 Å². The van der Waals surface area contributed by atoms with E-state index in [0.717, 1.165) is 17.0 Å². The molecule has 1 fully saturated rings. The Morgan fingerprint density at radius 1 is 1.15 bits per heavy atom. The molecule has 2 amide bonds. The molecule has 26 heavy (non-hydrogen) atoms. The summed E-state index contributed by atoms with van der Waals surface area (Å²) < 4.78 is 5.39. The van der Waals surface area contributed by atoms with Gasteiger partial charge in [-0.3, -0.25) is 9.59 Å². The van der Waals surface area contributed by atoms with Gasteiger partial charge in [-0.05, 0) is 68.3 Å². The zero-order chi connectivity index (χ0) is 18.7. The minimum atomic E-state index is -0.192. The van der Waals surface area contributed by atoms with Crippen LogP contribution in [-0.2, 0) is 4.79 Å². The number of aryl methyl sites for hydroxylation is 2. The fourth-order valence-corrected chi connectivity index (χ4v) is 3.09. The lowest BCUT2D eigenvalue weighted by Gasteiger charge is -2.18. The molecular formula is C21H24N2O3. The van der Waals surface area contributed by atoms with E-state index < -0.39 is 0 Å². The van der Waals surface area contributed by atoms with Crippen molar-refractivity contribution in [2.45, 2.75) is 33.2 Å². The molecule has 1 aliphatic rings. The van der Waals surface area contributed by atoms with Gasteiger partial charge >= 0.3 is 0 Å². The highest BCUT2D eigenvalue weighted by atomic mass is 16.5. The first-order chi connectivity index (χ1) is 12.5. The van der Waals surface area contributed by atoms with E-state index in [9.17, 15) is 9.59 Å². The quantitative estimate of drug-likeness (QED) is 0.899. The first-order valence-corrected chi connectivity index (χ1v) is 8.89. The predicted octanol–water partition coefficient (Wildman–Crippen LogP) is 3.24. The summed E-state index contributed by atoms with van der Waals surface area (Å²) in [6.45, 7) is 7.07. The van der Waals surface area contributed by atoms with Gasteiger partial charge in [0.15, 0.2) is 0 Å². The second-order valence-corrected chi connectivity index (χ2v) is 6.60. The van der Waals surface area contributed by atoms with Crippen molar-refractivity contribution in [1.82, 2.24) is 5.32 Å². The summed E-state index contributed by atoms with van der Waals surface area (Å²) in [6.07, 6.45) is 0.315. The average molecular weight is 352 g/mol. The van der Waals surface area contributed by atoms with Crippen molar-refractivity contribution >= 4 is 17.5 Å². The minimum absolute atomic E-state index is 0.0326. The van der Waals surface area contributed by atoms with Crippen LogP contribution in [0.4, 0.5) is 5.69 Å². The normalized spacial score (nSPS) is 16.7. The van der Waals surface area contributed by atoms with Crippen LogP contribution in [0.25, 0.3) is 0 Å². The van der Waals surface area contributed by atoms with Crippen LogP contribution < -0.4 is 15.0 Å². The molecular weight excluding hydrogens is 328 g/mol. The molecule has 0 unspecified atom stereocenters. The Kier molecular flexibility index (Phi) is 5.26. The largest absolute Gasteiger partial charge is 0.494 e. The number of carbonyl (C=O) groups excluding carboxylic acids is 2. The van der Waals surface area contributed by atoms with E-state index in [1.807, 2.05) is 39.0 Å². The fourth-order valence-electron chi connectivity index (χ4n) is 3.09. The van der Waals surface area contributed by atoms with E-state index in [4.69, 9.17) is 4.74 Å². The lowest BCUT2D eigenvalue weighted by atomic mass is 10.1. The first-order valence-electron chi connectivity index (χ1n) is 8.89. The number of hydrogen-bond donors (Lipinski definition) is 1. The second kappa shape index (κ2) is 7.60. The summed E-state index contributed by atoms with van der Waals surface area (Å²) in [5.41, 5.74) is 3.79. The van der Waals surface area contributed by atoms with Gasteiger partial charge in [0.2, 0.25) is 5.91 Å². The van der Waals surface area contributed by atoms with Crippen LogP contribution in [-0.4, -0.2) is 31.0 Å². The molecule has 136 valence electrons. The third kappa shape index (κ3) is 3.87. The van der Waals surface area contributed by atoms with Gasteiger partial charge < -0.3 is 15.0 Å². The molecule has 5 nitrogen and oxygen atoms in total. The molecule has 1 N–H and O–H groups in total. The topological polar surface area (TPSA) is 58.6 Å². The highest BCUT2D eigenvalue weighted by Gasteiger charge is 2.31. The molecule has 0 saturated carbocycles. The summed E-state index contributed by atoms with van der Waals surface area (Å²) in [5, 5.41) is 2.96. The number of carbonyl (C=O) groups is 2. The summed E-state index contributed by atoms with van der Waals surface area (Å²) in [4.78, 5) is 26.6. The summed E-state index contributed by atoms with van der Waals surface area (Å²) in [7, 11) is 0. The third-order valence-corrected chi connectivity index (χ3v) is 4.69. The molecule has 0 bridgehead atoms. The van der Waals surface area contributed by atoms with E-state index in [-0.39, 0.29) is 17.9 Å². The van der Waals surface area contributed by atoms with Crippen LogP contribution in [0.15, 0.2) is 42.5 Å². The van der Waals surface area contributed by atoms with E-state index in [2.05, 4.69) is 5.32 Å². The number of hydrogen-bond acceptors (Lipinski definition) is 3. The van der Waals surface area contributed by atoms with Crippen LogP contribution in [0.1, 0.15) is 34.8 Å². The Bertz CT molecular complexity index is 815. The highest BCUT2D eigenvalue weighted by molar-refractivity contribution is 5.99. The number of anilines is 1. The molecule has 0 spiro atoms. The van der Waals surface area contributed by atoms with Gasteiger partial charge in [0.05, 0.1) is 12.6 Å². The van der Waals surface area contributed by atoms with Gasteiger partial charge in [-0.1, -0.05) is 6.07 Å². The Hall–Kier alpha value is -2.82. The number of amides is 2. The van der Waals surface area contributed by atoms with Gasteiger partial charge in [0, 0.05) is 24.2 Å². The smallest absolute Gasteiger partial charge is 0.251 e. The molecule has 2 aromatic rings. The fraction of sp³-hybridized carbons (Fsp3) is 0.333. The van der Waals surface area contributed by atoms with Crippen molar-refractivity contribution in [3.8, 4) is 5.75 Å². The zero-order valence-electron chi connectivity index (χ0n) is 15.4. The molecule has 0 radical (unpaired) electrons. The lowest BCUT2D eigenvalue weighted by Crippen LogP contribution is -2.37. The zero-order valence-corrected chi connectivity index (χ0v) is 15.4.